The molecule has 0 unspecified atom stereocenters. The number of anilines is 1. The number of nitrogens with zero attached hydrogens (tertiary/aromatic N) is 2. The number of carbonyl (C=O) groups is 3. The highest BCUT2D eigenvalue weighted by atomic mass is 79.9. The molecule has 8 nitrogen and oxygen atoms in total. The van der Waals surface area contributed by atoms with Gasteiger partial charge in [-0.25, -0.2) is 8.42 Å². The molecule has 2 aromatic rings. The van der Waals surface area contributed by atoms with Gasteiger partial charge in [0.2, 0.25) is 21.8 Å². The molecule has 0 heterocycles. The summed E-state index contributed by atoms with van der Waals surface area (Å²) in [5.41, 5.74) is 1.32. The van der Waals surface area contributed by atoms with E-state index in [9.17, 15) is 22.8 Å². The SMILES string of the molecule is CCCCNC(=O)[C@H](C)N(Cc1cccc(Br)c1)C(=O)CN(c1cccc(C(C)=O)c1)S(C)(=O)=O. The van der Waals surface area contributed by atoms with E-state index in [2.05, 4.69) is 21.2 Å². The third-order valence-electron chi connectivity index (χ3n) is 5.46. The molecule has 190 valence electrons. The van der Waals surface area contributed by atoms with Crippen LogP contribution >= 0.6 is 15.9 Å². The molecule has 0 aliphatic carbocycles. The average molecular weight is 567 g/mol. The summed E-state index contributed by atoms with van der Waals surface area (Å²) in [4.78, 5) is 39.5. The summed E-state index contributed by atoms with van der Waals surface area (Å²) in [6, 6.07) is 12.6. The normalized spacial score (nSPS) is 12.0. The molecule has 2 aromatic carbocycles. The van der Waals surface area contributed by atoms with Crippen LogP contribution < -0.4 is 9.62 Å². The second-order valence-corrected chi connectivity index (χ2v) is 11.2. The van der Waals surface area contributed by atoms with Crippen molar-refractivity contribution in [2.45, 2.75) is 46.2 Å². The van der Waals surface area contributed by atoms with Crippen molar-refractivity contribution >= 4 is 49.2 Å². The molecule has 35 heavy (non-hydrogen) atoms. The Hall–Kier alpha value is -2.72. The highest BCUT2D eigenvalue weighted by molar-refractivity contribution is 9.10. The first-order valence-corrected chi connectivity index (χ1v) is 14.0. The van der Waals surface area contributed by atoms with Gasteiger partial charge in [-0.1, -0.05) is 53.5 Å². The number of rotatable bonds is 12. The summed E-state index contributed by atoms with van der Waals surface area (Å²) >= 11 is 3.41. The van der Waals surface area contributed by atoms with Crippen LogP contribution in [-0.4, -0.2) is 56.3 Å². The molecule has 0 fully saturated rings. The van der Waals surface area contributed by atoms with Crippen LogP contribution in [0.4, 0.5) is 5.69 Å². The molecular formula is C25H32BrN3O5S. The number of hydrogen-bond acceptors (Lipinski definition) is 5. The Morgan fingerprint density at radius 2 is 1.77 bits per heavy atom. The fraction of sp³-hybridized carbons (Fsp3) is 0.400. The lowest BCUT2D eigenvalue weighted by Crippen LogP contribution is -2.51. The number of hydrogen-bond donors (Lipinski definition) is 1. The van der Waals surface area contributed by atoms with Gasteiger partial charge >= 0.3 is 0 Å². The van der Waals surface area contributed by atoms with Gasteiger partial charge < -0.3 is 10.2 Å². The zero-order chi connectivity index (χ0) is 26.2. The molecule has 0 saturated heterocycles. The fourth-order valence-corrected chi connectivity index (χ4v) is 4.73. The number of Topliss-reactive ketones (excluding diaryl/α,β-unsaturated/α-hetero) is 1. The lowest BCUT2D eigenvalue weighted by atomic mass is 10.1. The van der Waals surface area contributed by atoms with Crippen LogP contribution in [0.3, 0.4) is 0 Å². The van der Waals surface area contributed by atoms with E-state index in [1.807, 2.05) is 31.2 Å². The third-order valence-corrected chi connectivity index (χ3v) is 7.09. The molecule has 0 bridgehead atoms. The van der Waals surface area contributed by atoms with Gasteiger partial charge in [0.25, 0.3) is 0 Å². The molecule has 0 aliphatic rings. The smallest absolute Gasteiger partial charge is 0.244 e. The van der Waals surface area contributed by atoms with Crippen LogP contribution in [0.15, 0.2) is 53.0 Å². The van der Waals surface area contributed by atoms with Gasteiger partial charge in [0.1, 0.15) is 12.6 Å². The number of unbranched alkanes of at least 4 members (excludes halogenated alkanes) is 1. The van der Waals surface area contributed by atoms with E-state index in [1.165, 1.54) is 24.0 Å². The van der Waals surface area contributed by atoms with Crippen molar-refractivity contribution in [3.8, 4) is 0 Å². The summed E-state index contributed by atoms with van der Waals surface area (Å²) in [6.07, 6.45) is 2.73. The minimum Gasteiger partial charge on any atom is -0.354 e. The third kappa shape index (κ3) is 8.47. The monoisotopic (exact) mass is 565 g/mol. The van der Waals surface area contributed by atoms with E-state index in [-0.39, 0.29) is 23.9 Å². The molecule has 0 aromatic heterocycles. The quantitative estimate of drug-likeness (QED) is 0.312. The van der Waals surface area contributed by atoms with Gasteiger partial charge in [-0.2, -0.15) is 0 Å². The van der Waals surface area contributed by atoms with Gasteiger partial charge in [0, 0.05) is 23.1 Å². The maximum atomic E-state index is 13.5. The zero-order valence-electron chi connectivity index (χ0n) is 20.5. The summed E-state index contributed by atoms with van der Waals surface area (Å²) in [7, 11) is -3.87. The first kappa shape index (κ1) is 28.5. The molecule has 2 amide bonds. The fourth-order valence-electron chi connectivity index (χ4n) is 3.44. The number of amides is 2. The second-order valence-electron chi connectivity index (χ2n) is 8.35. The van der Waals surface area contributed by atoms with Crippen LogP contribution in [0.1, 0.15) is 49.5 Å². The van der Waals surface area contributed by atoms with Crippen molar-refractivity contribution in [1.29, 1.82) is 0 Å². The minimum atomic E-state index is -3.87. The standard InChI is InChI=1S/C25H32BrN3O5S/c1-5-6-13-27-25(32)18(2)28(16-20-9-7-11-22(26)14-20)24(31)17-29(35(4,33)34)23-12-8-10-21(15-23)19(3)30/h7-12,14-15,18H,5-6,13,16-17H2,1-4H3,(H,27,32)/t18-/m0/s1. The van der Waals surface area contributed by atoms with Crippen molar-refractivity contribution in [3.63, 3.8) is 0 Å². The molecule has 0 aliphatic heterocycles. The Kier molecular flexibility index (Phi) is 10.5. The molecule has 1 N–H and O–H groups in total. The highest BCUT2D eigenvalue weighted by Gasteiger charge is 2.30. The van der Waals surface area contributed by atoms with E-state index in [0.717, 1.165) is 33.4 Å². The first-order valence-electron chi connectivity index (χ1n) is 11.3. The topological polar surface area (TPSA) is 104 Å². The summed E-state index contributed by atoms with van der Waals surface area (Å²) in [6.45, 7) is 5.11. The predicted molar refractivity (Wildman–Crippen MR) is 141 cm³/mol. The van der Waals surface area contributed by atoms with E-state index >= 15 is 0 Å². The van der Waals surface area contributed by atoms with Gasteiger partial charge in [0.05, 0.1) is 11.9 Å². The van der Waals surface area contributed by atoms with Crippen molar-refractivity contribution in [1.82, 2.24) is 10.2 Å². The molecule has 1 atom stereocenters. The van der Waals surface area contributed by atoms with Gasteiger partial charge in [-0.3, -0.25) is 18.7 Å². The van der Waals surface area contributed by atoms with E-state index in [1.54, 1.807) is 19.1 Å². The number of ketones is 1. The van der Waals surface area contributed by atoms with Gasteiger partial charge in [-0.15, -0.1) is 0 Å². The molecular weight excluding hydrogens is 534 g/mol. The zero-order valence-corrected chi connectivity index (χ0v) is 22.9. The van der Waals surface area contributed by atoms with Crippen LogP contribution in [0.5, 0.6) is 0 Å². The Morgan fingerprint density at radius 3 is 2.37 bits per heavy atom. The van der Waals surface area contributed by atoms with Crippen LogP contribution in [0, 0.1) is 0 Å². The van der Waals surface area contributed by atoms with Gasteiger partial charge in [-0.05, 0) is 50.1 Å². The van der Waals surface area contributed by atoms with Crippen LogP contribution in [0.2, 0.25) is 0 Å². The summed E-state index contributed by atoms with van der Waals surface area (Å²) in [5.74, 6) is -1.08. The largest absolute Gasteiger partial charge is 0.354 e. The van der Waals surface area contributed by atoms with Crippen molar-refractivity contribution in [2.75, 3.05) is 23.7 Å². The highest BCUT2D eigenvalue weighted by Crippen LogP contribution is 2.21. The Labute approximate surface area is 215 Å². The second kappa shape index (κ2) is 12.8. The minimum absolute atomic E-state index is 0.117. The molecule has 10 heteroatoms. The number of nitrogens with one attached hydrogen (secondary N) is 1. The Bertz CT molecular complexity index is 1170. The molecule has 0 saturated carbocycles. The Balaban J connectivity index is 2.39. The summed E-state index contributed by atoms with van der Waals surface area (Å²) in [5, 5.41) is 2.84. The van der Waals surface area contributed by atoms with Crippen LogP contribution in [-0.2, 0) is 26.2 Å². The average Bonchev–Trinajstić information content (AvgIpc) is 2.79. The van der Waals surface area contributed by atoms with Crippen molar-refractivity contribution in [2.24, 2.45) is 0 Å². The van der Waals surface area contributed by atoms with Crippen molar-refractivity contribution in [3.05, 3.63) is 64.1 Å². The lowest BCUT2D eigenvalue weighted by Gasteiger charge is -2.31. The number of carbonyl (C=O) groups excluding carboxylic acids is 3. The van der Waals surface area contributed by atoms with Crippen molar-refractivity contribution < 1.29 is 22.8 Å². The first-order chi connectivity index (χ1) is 16.4. The molecule has 2 rings (SSSR count). The van der Waals surface area contributed by atoms with E-state index in [0.29, 0.717) is 12.1 Å². The van der Waals surface area contributed by atoms with E-state index < -0.39 is 28.5 Å². The number of benzene rings is 2. The molecule has 0 radical (unpaired) electrons. The van der Waals surface area contributed by atoms with E-state index in [4.69, 9.17) is 0 Å². The lowest BCUT2D eigenvalue weighted by molar-refractivity contribution is -0.139. The predicted octanol–water partition coefficient (Wildman–Crippen LogP) is 3.75. The van der Waals surface area contributed by atoms with Crippen LogP contribution in [0.25, 0.3) is 0 Å². The van der Waals surface area contributed by atoms with Gasteiger partial charge in [0.15, 0.2) is 5.78 Å². The maximum absolute atomic E-state index is 13.5. The maximum Gasteiger partial charge on any atom is 0.244 e. The Morgan fingerprint density at radius 1 is 1.09 bits per heavy atom. The summed E-state index contributed by atoms with van der Waals surface area (Å²) < 4.78 is 27.1. The number of sulfonamides is 1. The molecule has 0 spiro atoms. The number of halogens is 1.